The first-order chi connectivity index (χ1) is 33.2. The highest BCUT2D eigenvalue weighted by Gasteiger charge is 2.19. The fraction of sp³-hybridized carbons (Fsp3) is 0. The molecule has 11 aromatic carbocycles. The Morgan fingerprint density at radius 1 is 0.254 bits per heavy atom. The van der Waals surface area contributed by atoms with E-state index < -0.39 is 0 Å². The number of anilines is 3. The first kappa shape index (κ1) is 38.5. The zero-order chi connectivity index (χ0) is 44.3. The molecule has 0 aliphatic heterocycles. The smallest absolute Gasteiger partial charge is 0.143 e. The molecule has 0 spiro atoms. The van der Waals surface area contributed by atoms with Crippen molar-refractivity contribution in [3.63, 3.8) is 0 Å². The summed E-state index contributed by atoms with van der Waals surface area (Å²) in [5.41, 5.74) is 18.4. The minimum atomic E-state index is 0.880. The van der Waals surface area contributed by atoms with Gasteiger partial charge in [0.2, 0.25) is 0 Å². The summed E-state index contributed by atoms with van der Waals surface area (Å²) in [6.07, 6.45) is 0. The Morgan fingerprint density at radius 2 is 0.791 bits per heavy atom. The summed E-state index contributed by atoms with van der Waals surface area (Å²) in [6.45, 7) is 0. The van der Waals surface area contributed by atoms with Crippen LogP contribution in [0.2, 0.25) is 0 Å². The van der Waals surface area contributed by atoms with Crippen molar-refractivity contribution in [2.45, 2.75) is 0 Å². The van der Waals surface area contributed by atoms with Gasteiger partial charge in [-0.1, -0.05) is 182 Å². The molecule has 0 fully saturated rings. The topological polar surface area (TPSA) is 29.5 Å². The largest absolute Gasteiger partial charge is 0.456 e. The lowest BCUT2D eigenvalue weighted by atomic mass is 9.91. The third-order valence-corrected chi connectivity index (χ3v) is 13.3. The van der Waals surface area contributed by atoms with E-state index in [1.807, 2.05) is 12.1 Å². The van der Waals surface area contributed by atoms with Crippen molar-refractivity contribution in [1.29, 1.82) is 0 Å². The van der Waals surface area contributed by atoms with E-state index in [0.29, 0.717) is 0 Å². The van der Waals surface area contributed by atoms with Gasteiger partial charge in [0, 0.05) is 44.0 Å². The third-order valence-electron chi connectivity index (χ3n) is 13.3. The summed E-state index contributed by atoms with van der Waals surface area (Å²) in [4.78, 5) is 2.36. The molecule has 0 unspecified atom stereocenters. The van der Waals surface area contributed by atoms with Gasteiger partial charge in [-0.15, -0.1) is 0 Å². The average molecular weight is 856 g/mol. The second kappa shape index (κ2) is 16.0. The number of rotatable bonds is 8. The predicted octanol–water partition coefficient (Wildman–Crippen LogP) is 18.4. The quantitative estimate of drug-likeness (QED) is 0.152. The van der Waals surface area contributed by atoms with Gasteiger partial charge in [0.25, 0.3) is 0 Å². The van der Waals surface area contributed by atoms with Crippen molar-refractivity contribution in [3.8, 4) is 55.6 Å². The molecule has 0 radical (unpaired) electrons. The molecular formula is C64H41NO2. The molecule has 3 heteroatoms. The van der Waals surface area contributed by atoms with E-state index in [-0.39, 0.29) is 0 Å². The molecule has 0 aliphatic rings. The van der Waals surface area contributed by atoms with Gasteiger partial charge in [-0.05, 0) is 128 Å². The number of benzene rings is 11. The molecule has 2 heterocycles. The Bertz CT molecular complexity index is 3960. The normalized spacial score (nSPS) is 11.6. The van der Waals surface area contributed by atoms with Crippen LogP contribution in [0.1, 0.15) is 0 Å². The van der Waals surface area contributed by atoms with Crippen LogP contribution in [0.25, 0.3) is 110 Å². The minimum Gasteiger partial charge on any atom is -0.456 e. The zero-order valence-corrected chi connectivity index (χ0v) is 36.4. The second-order valence-electron chi connectivity index (χ2n) is 17.2. The summed E-state index contributed by atoms with van der Waals surface area (Å²) in [5.74, 6) is 0. The van der Waals surface area contributed by atoms with Crippen LogP contribution in [0.5, 0.6) is 0 Å². The van der Waals surface area contributed by atoms with Gasteiger partial charge in [0.15, 0.2) is 0 Å². The Balaban J connectivity index is 0.935. The highest BCUT2D eigenvalue weighted by molar-refractivity contribution is 6.19. The van der Waals surface area contributed by atoms with Crippen LogP contribution < -0.4 is 4.90 Å². The number of nitrogens with zero attached hydrogens (tertiary/aromatic N) is 1. The van der Waals surface area contributed by atoms with Crippen molar-refractivity contribution in [2.75, 3.05) is 4.90 Å². The summed E-state index contributed by atoms with van der Waals surface area (Å²) in [6, 6.07) is 88.9. The molecule has 0 saturated carbocycles. The van der Waals surface area contributed by atoms with Crippen LogP contribution in [-0.4, -0.2) is 0 Å². The van der Waals surface area contributed by atoms with Crippen molar-refractivity contribution in [3.05, 3.63) is 249 Å². The number of fused-ring (bicyclic) bond motifs is 8. The standard InChI is InChI=1S/C64H41NO2/c1-3-14-43(15-4-1)52-38-33-47(41-58(52)44-16-5-2-6-17-44)42-28-34-49(35-29-42)65(50-36-30-46(31-37-50)53-23-12-26-60-62(53)56-22-9-10-25-59(56)66-60)51-20-11-19-48(40-51)54-24-13-27-61-63(54)57-39-32-45-18-7-8-21-55(45)64(57)67-61/h1-41H. The first-order valence-corrected chi connectivity index (χ1v) is 22.8. The second-order valence-corrected chi connectivity index (χ2v) is 17.2. The highest BCUT2D eigenvalue weighted by Crippen LogP contribution is 2.44. The monoisotopic (exact) mass is 855 g/mol. The number of para-hydroxylation sites is 1. The van der Waals surface area contributed by atoms with Crippen molar-refractivity contribution in [1.82, 2.24) is 0 Å². The molecule has 67 heavy (non-hydrogen) atoms. The number of furan rings is 2. The third kappa shape index (κ3) is 6.67. The van der Waals surface area contributed by atoms with Crippen LogP contribution in [0.15, 0.2) is 258 Å². The SMILES string of the molecule is c1ccc(-c2ccc(-c3ccc(N(c4ccc(-c5cccc6oc7ccccc7c56)cc4)c4cccc(-c5cccc6oc7c8ccccc8ccc7c56)c4)cc3)cc2-c2ccccc2)cc1. The van der Waals surface area contributed by atoms with E-state index >= 15 is 0 Å². The average Bonchev–Trinajstić information content (AvgIpc) is 3.99. The summed E-state index contributed by atoms with van der Waals surface area (Å²) in [5, 5.41) is 6.78. The van der Waals surface area contributed by atoms with Gasteiger partial charge in [-0.3, -0.25) is 0 Å². The van der Waals surface area contributed by atoms with Gasteiger partial charge in [-0.25, -0.2) is 0 Å². The van der Waals surface area contributed by atoms with Crippen LogP contribution >= 0.6 is 0 Å². The van der Waals surface area contributed by atoms with Crippen molar-refractivity contribution < 1.29 is 8.83 Å². The molecule has 0 N–H and O–H groups in total. The molecular weight excluding hydrogens is 815 g/mol. The van der Waals surface area contributed by atoms with E-state index in [0.717, 1.165) is 99.7 Å². The summed E-state index contributed by atoms with van der Waals surface area (Å²) >= 11 is 0. The van der Waals surface area contributed by atoms with E-state index in [4.69, 9.17) is 8.83 Å². The molecule has 0 atom stereocenters. The lowest BCUT2D eigenvalue weighted by molar-refractivity contribution is 0.669. The van der Waals surface area contributed by atoms with E-state index in [1.54, 1.807) is 0 Å². The Kier molecular flexibility index (Phi) is 9.17. The van der Waals surface area contributed by atoms with Gasteiger partial charge in [-0.2, -0.15) is 0 Å². The molecule has 0 saturated heterocycles. The lowest BCUT2D eigenvalue weighted by Crippen LogP contribution is -2.10. The maximum absolute atomic E-state index is 6.63. The highest BCUT2D eigenvalue weighted by atomic mass is 16.3. The Morgan fingerprint density at radius 3 is 1.54 bits per heavy atom. The summed E-state index contributed by atoms with van der Waals surface area (Å²) < 4.78 is 12.9. The van der Waals surface area contributed by atoms with Crippen LogP contribution in [0.3, 0.4) is 0 Å². The molecule has 13 rings (SSSR count). The Hall–Kier alpha value is -8.92. The summed E-state index contributed by atoms with van der Waals surface area (Å²) in [7, 11) is 0. The van der Waals surface area contributed by atoms with Crippen LogP contribution in [0, 0.1) is 0 Å². The number of hydrogen-bond acceptors (Lipinski definition) is 3. The van der Waals surface area contributed by atoms with E-state index in [2.05, 4.69) is 241 Å². The molecule has 3 nitrogen and oxygen atoms in total. The molecule has 13 aromatic rings. The van der Waals surface area contributed by atoms with E-state index in [1.165, 1.54) is 27.6 Å². The van der Waals surface area contributed by atoms with Gasteiger partial charge < -0.3 is 13.7 Å². The Labute approximate surface area is 388 Å². The van der Waals surface area contributed by atoms with Crippen LogP contribution in [0.4, 0.5) is 17.1 Å². The fourth-order valence-electron chi connectivity index (χ4n) is 10.1. The number of hydrogen-bond donors (Lipinski definition) is 0. The van der Waals surface area contributed by atoms with Crippen molar-refractivity contribution >= 4 is 71.7 Å². The maximum Gasteiger partial charge on any atom is 0.143 e. The van der Waals surface area contributed by atoms with Gasteiger partial charge in [0.05, 0.1) is 0 Å². The van der Waals surface area contributed by atoms with Gasteiger partial charge >= 0.3 is 0 Å². The van der Waals surface area contributed by atoms with Crippen LogP contribution in [-0.2, 0) is 0 Å². The molecule has 0 bridgehead atoms. The lowest BCUT2D eigenvalue weighted by Gasteiger charge is -2.26. The minimum absolute atomic E-state index is 0.880. The first-order valence-electron chi connectivity index (χ1n) is 22.8. The zero-order valence-electron chi connectivity index (χ0n) is 36.4. The predicted molar refractivity (Wildman–Crippen MR) is 280 cm³/mol. The van der Waals surface area contributed by atoms with Gasteiger partial charge in [0.1, 0.15) is 22.3 Å². The fourth-order valence-corrected chi connectivity index (χ4v) is 10.1. The molecule has 314 valence electrons. The molecule has 0 aliphatic carbocycles. The van der Waals surface area contributed by atoms with E-state index in [9.17, 15) is 0 Å². The molecule has 2 aromatic heterocycles. The molecule has 0 amide bonds. The maximum atomic E-state index is 6.63. The van der Waals surface area contributed by atoms with Crippen molar-refractivity contribution in [2.24, 2.45) is 0 Å².